The van der Waals surface area contributed by atoms with E-state index in [9.17, 15) is 19.5 Å². The van der Waals surface area contributed by atoms with E-state index in [0.29, 0.717) is 43.0 Å². The highest BCUT2D eigenvalue weighted by molar-refractivity contribution is 5.99. The number of hydrogen-bond donors (Lipinski definition) is 3. The van der Waals surface area contributed by atoms with Crippen LogP contribution in [0.4, 0.5) is 0 Å². The molecule has 0 bridgehead atoms. The monoisotopic (exact) mass is 500 g/mol. The van der Waals surface area contributed by atoms with Gasteiger partial charge in [0.2, 0.25) is 0 Å². The van der Waals surface area contributed by atoms with Crippen LogP contribution >= 0.6 is 0 Å². The van der Waals surface area contributed by atoms with E-state index in [0.717, 1.165) is 47.8 Å². The van der Waals surface area contributed by atoms with Crippen LogP contribution in [0.2, 0.25) is 0 Å². The first kappa shape index (κ1) is 24.8. The largest absolute Gasteiger partial charge is 0.490 e. The summed E-state index contributed by atoms with van der Waals surface area (Å²) in [6.07, 6.45) is 4.82. The number of carbonyl (C=O) groups excluding carboxylic acids is 2. The number of amides is 2. The lowest BCUT2D eigenvalue weighted by Gasteiger charge is -2.27. The molecular weight excluding hydrogens is 468 g/mol. The topological polar surface area (TPSA) is 105 Å². The fraction of sp³-hybridized carbons (Fsp3) is 0.367. The van der Waals surface area contributed by atoms with Crippen molar-refractivity contribution in [1.29, 1.82) is 0 Å². The lowest BCUT2D eigenvalue weighted by Crippen LogP contribution is -2.35. The molecule has 0 atom stereocenters. The molecule has 0 radical (unpaired) electrons. The Morgan fingerprint density at radius 2 is 1.49 bits per heavy atom. The van der Waals surface area contributed by atoms with Crippen molar-refractivity contribution < 1.29 is 24.2 Å². The third-order valence-electron chi connectivity index (χ3n) is 7.32. The van der Waals surface area contributed by atoms with Crippen LogP contribution < -0.4 is 15.4 Å². The number of benzene rings is 3. The summed E-state index contributed by atoms with van der Waals surface area (Å²) in [5, 5.41) is 17.1. The molecule has 3 N–H and O–H groups in total. The molecule has 3 aromatic rings. The third kappa shape index (κ3) is 6.10. The molecule has 0 aromatic heterocycles. The van der Waals surface area contributed by atoms with E-state index in [-0.39, 0.29) is 23.8 Å². The van der Waals surface area contributed by atoms with Crippen molar-refractivity contribution in [2.75, 3.05) is 13.1 Å². The van der Waals surface area contributed by atoms with E-state index in [1.54, 1.807) is 6.07 Å². The van der Waals surface area contributed by atoms with Crippen LogP contribution in [0, 0.1) is 5.92 Å². The summed E-state index contributed by atoms with van der Waals surface area (Å²) in [4.78, 5) is 36.7. The number of rotatable bonds is 9. The van der Waals surface area contributed by atoms with E-state index >= 15 is 0 Å². The summed E-state index contributed by atoms with van der Waals surface area (Å²) >= 11 is 0. The lowest BCUT2D eigenvalue weighted by atomic mass is 9.87. The van der Waals surface area contributed by atoms with Gasteiger partial charge in [0.05, 0.1) is 12.0 Å². The van der Waals surface area contributed by atoms with Crippen LogP contribution in [0.3, 0.4) is 0 Å². The molecule has 0 saturated heterocycles. The molecule has 2 amide bonds. The summed E-state index contributed by atoms with van der Waals surface area (Å²) in [7, 11) is 0. The van der Waals surface area contributed by atoms with Gasteiger partial charge in [0, 0.05) is 24.2 Å². The molecule has 7 heteroatoms. The molecule has 0 unspecified atom stereocenters. The van der Waals surface area contributed by atoms with Crippen LogP contribution in [-0.2, 0) is 4.79 Å². The molecule has 0 aliphatic heterocycles. The minimum atomic E-state index is -0.724. The second-order valence-corrected chi connectivity index (χ2v) is 10.0. The Balaban J connectivity index is 1.13. The summed E-state index contributed by atoms with van der Waals surface area (Å²) in [5.74, 6) is -0.226. The number of fused-ring (bicyclic) bond motifs is 1. The van der Waals surface area contributed by atoms with Gasteiger partial charge in [-0.2, -0.15) is 0 Å². The van der Waals surface area contributed by atoms with Crippen molar-refractivity contribution in [2.24, 2.45) is 5.92 Å². The van der Waals surface area contributed by atoms with Gasteiger partial charge in [-0.1, -0.05) is 30.3 Å². The molecule has 3 aromatic carbocycles. The zero-order chi connectivity index (χ0) is 25.8. The Kier molecular flexibility index (Phi) is 7.40. The quantitative estimate of drug-likeness (QED) is 0.363. The van der Waals surface area contributed by atoms with Crippen LogP contribution in [0.1, 0.15) is 70.7 Å². The van der Waals surface area contributed by atoms with Gasteiger partial charge in [0.25, 0.3) is 11.8 Å². The maximum Gasteiger partial charge on any atom is 0.306 e. The number of carbonyl (C=O) groups is 3. The van der Waals surface area contributed by atoms with Crippen LogP contribution in [-0.4, -0.2) is 42.1 Å². The zero-order valence-electron chi connectivity index (χ0n) is 20.7. The summed E-state index contributed by atoms with van der Waals surface area (Å²) < 4.78 is 6.16. The lowest BCUT2D eigenvalue weighted by molar-refractivity contribution is -0.143. The van der Waals surface area contributed by atoms with Gasteiger partial charge in [0.1, 0.15) is 5.75 Å². The zero-order valence-corrected chi connectivity index (χ0v) is 20.7. The van der Waals surface area contributed by atoms with Gasteiger partial charge in [-0.3, -0.25) is 14.4 Å². The van der Waals surface area contributed by atoms with Crippen LogP contribution in [0.25, 0.3) is 10.8 Å². The first-order chi connectivity index (χ1) is 18.0. The van der Waals surface area contributed by atoms with E-state index in [2.05, 4.69) is 10.6 Å². The Morgan fingerprint density at radius 3 is 2.19 bits per heavy atom. The highest BCUT2D eigenvalue weighted by atomic mass is 16.5. The van der Waals surface area contributed by atoms with Gasteiger partial charge < -0.3 is 20.5 Å². The molecule has 192 valence electrons. The first-order valence-electron chi connectivity index (χ1n) is 13.1. The molecule has 2 fully saturated rings. The molecular formula is C30H32N2O5. The predicted octanol–water partition coefficient (Wildman–Crippen LogP) is 4.90. The number of carboxylic acid groups (broad SMARTS) is 1. The molecule has 2 aliphatic rings. The van der Waals surface area contributed by atoms with Crippen molar-refractivity contribution in [3.05, 3.63) is 77.4 Å². The Hall–Kier alpha value is -3.87. The van der Waals surface area contributed by atoms with Crippen molar-refractivity contribution in [1.82, 2.24) is 10.6 Å². The van der Waals surface area contributed by atoms with Gasteiger partial charge >= 0.3 is 5.97 Å². The average Bonchev–Trinajstić information content (AvgIpc) is 3.76. The fourth-order valence-corrected chi connectivity index (χ4v) is 5.05. The minimum Gasteiger partial charge on any atom is -0.490 e. The van der Waals surface area contributed by atoms with Crippen LogP contribution in [0.15, 0.2) is 60.7 Å². The SMILES string of the molecule is O=C(NCCNC(=O)c1ccc(OC2CCC(C(=O)O)CC2)cc1C1CC1)c1ccc2ccccc2c1. The fourth-order valence-electron chi connectivity index (χ4n) is 5.05. The average molecular weight is 501 g/mol. The third-order valence-corrected chi connectivity index (χ3v) is 7.32. The molecule has 2 aliphatic carbocycles. The van der Waals surface area contributed by atoms with Gasteiger partial charge in [-0.25, -0.2) is 0 Å². The Bertz CT molecular complexity index is 1310. The smallest absolute Gasteiger partial charge is 0.306 e. The van der Waals surface area contributed by atoms with Gasteiger partial charge in [0.15, 0.2) is 0 Å². The second-order valence-electron chi connectivity index (χ2n) is 10.0. The molecule has 37 heavy (non-hydrogen) atoms. The maximum atomic E-state index is 12.9. The van der Waals surface area contributed by atoms with Gasteiger partial charge in [-0.15, -0.1) is 0 Å². The maximum absolute atomic E-state index is 12.9. The predicted molar refractivity (Wildman–Crippen MR) is 141 cm³/mol. The molecule has 0 spiro atoms. The Morgan fingerprint density at radius 1 is 0.784 bits per heavy atom. The van der Waals surface area contributed by atoms with Crippen LogP contribution in [0.5, 0.6) is 5.75 Å². The van der Waals surface area contributed by atoms with Crippen molar-refractivity contribution >= 4 is 28.6 Å². The second kappa shape index (κ2) is 11.0. The first-order valence-corrected chi connectivity index (χ1v) is 13.1. The number of carboxylic acids is 1. The number of nitrogens with one attached hydrogen (secondary N) is 2. The van der Waals surface area contributed by atoms with Crippen molar-refractivity contribution in [2.45, 2.75) is 50.5 Å². The van der Waals surface area contributed by atoms with Gasteiger partial charge in [-0.05, 0) is 91.1 Å². The summed E-state index contributed by atoms with van der Waals surface area (Å²) in [5.41, 5.74) is 2.23. The van der Waals surface area contributed by atoms with Crippen molar-refractivity contribution in [3.63, 3.8) is 0 Å². The molecule has 5 rings (SSSR count). The molecule has 0 heterocycles. The van der Waals surface area contributed by atoms with E-state index in [1.165, 1.54) is 0 Å². The standard InChI is InChI=1S/C30H32N2O5/c33-28(23-8-5-19-3-1-2-4-22(19)17-23)31-15-16-32-29(34)26-14-13-25(18-27(26)20-6-7-20)37-24-11-9-21(10-12-24)30(35)36/h1-5,8,13-14,17-18,20-21,24H,6-7,9-12,15-16H2,(H,31,33)(H,32,34)(H,35,36). The molecule has 7 nitrogen and oxygen atoms in total. The normalized spacial score (nSPS) is 19.2. The number of ether oxygens (including phenoxy) is 1. The summed E-state index contributed by atoms with van der Waals surface area (Å²) in [6, 6.07) is 19.1. The van der Waals surface area contributed by atoms with E-state index in [4.69, 9.17) is 4.74 Å². The number of hydrogen-bond acceptors (Lipinski definition) is 4. The highest BCUT2D eigenvalue weighted by Gasteiger charge is 2.30. The highest BCUT2D eigenvalue weighted by Crippen LogP contribution is 2.43. The Labute approximate surface area is 216 Å². The van der Waals surface area contributed by atoms with Crippen molar-refractivity contribution in [3.8, 4) is 5.75 Å². The van der Waals surface area contributed by atoms with E-state index in [1.807, 2.05) is 54.6 Å². The molecule has 2 saturated carbocycles. The van der Waals surface area contributed by atoms with E-state index < -0.39 is 5.97 Å². The summed E-state index contributed by atoms with van der Waals surface area (Å²) in [6.45, 7) is 0.656. The minimum absolute atomic E-state index is 0.00791. The number of aliphatic carboxylic acids is 1.